The lowest BCUT2D eigenvalue weighted by molar-refractivity contribution is 0.673. The molecule has 0 amide bonds. The number of aromatic nitrogens is 4. The molecule has 2 rings (SSSR count). The van der Waals surface area contributed by atoms with Crippen LogP contribution in [0.25, 0.3) is 5.69 Å². The van der Waals surface area contributed by atoms with Crippen molar-refractivity contribution in [2.75, 3.05) is 0 Å². The summed E-state index contributed by atoms with van der Waals surface area (Å²) in [6, 6.07) is 3.98. The Kier molecular flexibility index (Phi) is 4.27. The minimum absolute atomic E-state index is 0.00152. The van der Waals surface area contributed by atoms with Gasteiger partial charge < -0.3 is 5.73 Å². The average molecular weight is 259 g/mol. The van der Waals surface area contributed by atoms with Crippen LogP contribution in [0.1, 0.15) is 50.6 Å². The maximum absolute atomic E-state index is 5.97. The molecule has 2 heterocycles. The fourth-order valence-electron chi connectivity index (χ4n) is 1.93. The molecule has 1 atom stereocenters. The van der Waals surface area contributed by atoms with Crippen LogP contribution in [-0.2, 0) is 12.8 Å². The lowest BCUT2D eigenvalue weighted by atomic mass is 10.1. The van der Waals surface area contributed by atoms with E-state index in [1.165, 1.54) is 0 Å². The largest absolute Gasteiger partial charge is 0.323 e. The van der Waals surface area contributed by atoms with Crippen LogP contribution in [0.15, 0.2) is 18.3 Å². The van der Waals surface area contributed by atoms with Crippen LogP contribution in [0.5, 0.6) is 0 Å². The van der Waals surface area contributed by atoms with E-state index in [-0.39, 0.29) is 6.04 Å². The summed E-state index contributed by atoms with van der Waals surface area (Å²) < 4.78 is 1.87. The number of nitrogens with two attached hydrogens (primary N) is 1. The smallest absolute Gasteiger partial charge is 0.151 e. The maximum atomic E-state index is 5.97. The van der Waals surface area contributed by atoms with E-state index in [9.17, 15) is 0 Å². The van der Waals surface area contributed by atoms with Crippen molar-refractivity contribution in [1.82, 2.24) is 19.7 Å². The molecule has 0 spiro atoms. The third kappa shape index (κ3) is 2.81. The van der Waals surface area contributed by atoms with Gasteiger partial charge in [0, 0.05) is 18.9 Å². The molecule has 102 valence electrons. The van der Waals surface area contributed by atoms with Crippen molar-refractivity contribution in [3.05, 3.63) is 35.7 Å². The molecule has 0 aromatic carbocycles. The molecular formula is C14H21N5. The van der Waals surface area contributed by atoms with E-state index in [0.717, 1.165) is 42.3 Å². The molecule has 5 nitrogen and oxygen atoms in total. The van der Waals surface area contributed by atoms with Crippen molar-refractivity contribution >= 4 is 0 Å². The van der Waals surface area contributed by atoms with Gasteiger partial charge in [-0.25, -0.2) is 9.67 Å². The molecule has 0 radical (unpaired) electrons. The van der Waals surface area contributed by atoms with Crippen LogP contribution in [0.3, 0.4) is 0 Å². The van der Waals surface area contributed by atoms with E-state index in [4.69, 9.17) is 5.73 Å². The second kappa shape index (κ2) is 5.93. The number of aryl methyl sites for hydroxylation is 2. The SMILES string of the molecule is CCc1nc(CC)n(-c2ccc([C@H](N)CC)nc2)n1. The lowest BCUT2D eigenvalue weighted by Crippen LogP contribution is -2.11. The summed E-state index contributed by atoms with van der Waals surface area (Å²) in [5.74, 6) is 1.83. The first-order valence-electron chi connectivity index (χ1n) is 6.86. The minimum atomic E-state index is 0.00152. The highest BCUT2D eigenvalue weighted by atomic mass is 15.4. The van der Waals surface area contributed by atoms with Crippen LogP contribution < -0.4 is 5.73 Å². The highest BCUT2D eigenvalue weighted by molar-refractivity contribution is 5.30. The number of pyridine rings is 1. The predicted octanol–water partition coefficient (Wildman–Crippen LogP) is 2.20. The molecule has 0 aliphatic rings. The molecule has 19 heavy (non-hydrogen) atoms. The number of hydrogen-bond acceptors (Lipinski definition) is 4. The zero-order valence-electron chi connectivity index (χ0n) is 11.8. The van der Waals surface area contributed by atoms with Gasteiger partial charge >= 0.3 is 0 Å². The van der Waals surface area contributed by atoms with Gasteiger partial charge in [0.15, 0.2) is 5.82 Å². The van der Waals surface area contributed by atoms with Crippen molar-refractivity contribution < 1.29 is 0 Å². The van der Waals surface area contributed by atoms with E-state index in [0.29, 0.717) is 0 Å². The van der Waals surface area contributed by atoms with Crippen LogP contribution in [-0.4, -0.2) is 19.7 Å². The van der Waals surface area contributed by atoms with Gasteiger partial charge in [0.1, 0.15) is 5.82 Å². The summed E-state index contributed by atoms with van der Waals surface area (Å²) in [4.78, 5) is 8.92. The summed E-state index contributed by atoms with van der Waals surface area (Å²) in [7, 11) is 0. The Morgan fingerprint density at radius 3 is 2.53 bits per heavy atom. The summed E-state index contributed by atoms with van der Waals surface area (Å²) >= 11 is 0. The normalized spacial score (nSPS) is 12.6. The molecular weight excluding hydrogens is 238 g/mol. The van der Waals surface area contributed by atoms with Gasteiger partial charge in [-0.2, -0.15) is 5.10 Å². The molecule has 0 unspecified atom stereocenters. The predicted molar refractivity (Wildman–Crippen MR) is 75.1 cm³/mol. The Balaban J connectivity index is 2.34. The van der Waals surface area contributed by atoms with Gasteiger partial charge in [0.2, 0.25) is 0 Å². The van der Waals surface area contributed by atoms with E-state index in [1.54, 1.807) is 0 Å². The van der Waals surface area contributed by atoms with Crippen LogP contribution >= 0.6 is 0 Å². The van der Waals surface area contributed by atoms with Crippen LogP contribution in [0.4, 0.5) is 0 Å². The van der Waals surface area contributed by atoms with Gasteiger partial charge in [-0.3, -0.25) is 4.98 Å². The van der Waals surface area contributed by atoms with Crippen molar-refractivity contribution in [3.63, 3.8) is 0 Å². The topological polar surface area (TPSA) is 69.6 Å². The van der Waals surface area contributed by atoms with Gasteiger partial charge in [-0.15, -0.1) is 0 Å². The highest BCUT2D eigenvalue weighted by Crippen LogP contribution is 2.14. The fraction of sp³-hybridized carbons (Fsp3) is 0.500. The zero-order chi connectivity index (χ0) is 13.8. The zero-order valence-corrected chi connectivity index (χ0v) is 11.8. The molecule has 5 heteroatoms. The van der Waals surface area contributed by atoms with Crippen LogP contribution in [0, 0.1) is 0 Å². The van der Waals surface area contributed by atoms with Crippen molar-refractivity contribution in [2.24, 2.45) is 5.73 Å². The van der Waals surface area contributed by atoms with E-state index >= 15 is 0 Å². The second-order valence-electron chi connectivity index (χ2n) is 4.52. The third-order valence-corrected chi connectivity index (χ3v) is 3.19. The van der Waals surface area contributed by atoms with Crippen LogP contribution in [0.2, 0.25) is 0 Å². The number of nitrogens with zero attached hydrogens (tertiary/aromatic N) is 4. The molecule has 0 saturated carbocycles. The average Bonchev–Trinajstić information content (AvgIpc) is 2.90. The Morgan fingerprint density at radius 1 is 1.21 bits per heavy atom. The summed E-state index contributed by atoms with van der Waals surface area (Å²) in [5.41, 5.74) is 7.83. The molecule has 2 N–H and O–H groups in total. The minimum Gasteiger partial charge on any atom is -0.323 e. The van der Waals surface area contributed by atoms with Gasteiger partial charge in [0.25, 0.3) is 0 Å². The van der Waals surface area contributed by atoms with Crippen molar-refractivity contribution in [1.29, 1.82) is 0 Å². The molecule has 0 fully saturated rings. The van der Waals surface area contributed by atoms with Gasteiger partial charge in [0.05, 0.1) is 17.6 Å². The molecule has 0 bridgehead atoms. The van der Waals surface area contributed by atoms with Gasteiger partial charge in [-0.05, 0) is 18.6 Å². The third-order valence-electron chi connectivity index (χ3n) is 3.19. The molecule has 2 aromatic heterocycles. The Hall–Kier alpha value is -1.75. The Morgan fingerprint density at radius 2 is 2.00 bits per heavy atom. The first-order chi connectivity index (χ1) is 9.19. The monoisotopic (exact) mass is 259 g/mol. The summed E-state index contributed by atoms with van der Waals surface area (Å²) in [6.07, 6.45) is 4.39. The Bertz CT molecular complexity index is 529. The van der Waals surface area contributed by atoms with E-state index in [2.05, 4.69) is 35.8 Å². The second-order valence-corrected chi connectivity index (χ2v) is 4.52. The molecule has 0 aliphatic carbocycles. The van der Waals surface area contributed by atoms with Gasteiger partial charge in [-0.1, -0.05) is 20.8 Å². The summed E-state index contributed by atoms with van der Waals surface area (Å²) in [5, 5.41) is 4.50. The Labute approximate surface area is 113 Å². The quantitative estimate of drug-likeness (QED) is 0.893. The molecule has 0 aliphatic heterocycles. The fourth-order valence-corrected chi connectivity index (χ4v) is 1.93. The summed E-state index contributed by atoms with van der Waals surface area (Å²) in [6.45, 7) is 6.19. The standard InChI is InChI=1S/C14H21N5/c1-4-11(15)12-8-7-10(9-16-12)19-14(6-3)17-13(5-2)18-19/h7-9,11H,4-6,15H2,1-3H3/t11-/m1/s1. The first-order valence-corrected chi connectivity index (χ1v) is 6.86. The number of rotatable bonds is 5. The number of hydrogen-bond donors (Lipinski definition) is 1. The van der Waals surface area contributed by atoms with E-state index < -0.39 is 0 Å². The van der Waals surface area contributed by atoms with Crippen molar-refractivity contribution in [3.8, 4) is 5.69 Å². The highest BCUT2D eigenvalue weighted by Gasteiger charge is 2.10. The molecule has 0 saturated heterocycles. The maximum Gasteiger partial charge on any atom is 0.151 e. The molecule has 2 aromatic rings. The first kappa shape index (κ1) is 13.7. The lowest BCUT2D eigenvalue weighted by Gasteiger charge is -2.09. The van der Waals surface area contributed by atoms with Crippen molar-refractivity contribution in [2.45, 2.75) is 46.1 Å². The van der Waals surface area contributed by atoms with E-state index in [1.807, 2.05) is 23.0 Å².